The van der Waals surface area contributed by atoms with Crippen LogP contribution in [0, 0.1) is 0 Å². The van der Waals surface area contributed by atoms with Gasteiger partial charge in [-0.05, 0) is 31.0 Å². The molecule has 0 radical (unpaired) electrons. The fraction of sp³-hybridized carbons (Fsp3) is 0.679. The number of ketones is 1. The predicted octanol–water partition coefficient (Wildman–Crippen LogP) is 5.31. The minimum Gasteiger partial charge on any atom is -0.494 e. The van der Waals surface area contributed by atoms with Crippen LogP contribution < -0.4 is 10.5 Å². The van der Waals surface area contributed by atoms with E-state index in [0.29, 0.717) is 6.61 Å². The van der Waals surface area contributed by atoms with Crippen molar-refractivity contribution in [2.75, 3.05) is 19.8 Å². The third kappa shape index (κ3) is 16.0. The molecule has 0 aliphatic rings. The van der Waals surface area contributed by atoms with Crippen molar-refractivity contribution in [3.05, 3.63) is 29.8 Å². The van der Waals surface area contributed by atoms with E-state index in [9.17, 15) is 14.4 Å². The lowest BCUT2D eigenvalue weighted by Gasteiger charge is -2.11. The van der Waals surface area contributed by atoms with E-state index in [4.69, 9.17) is 19.9 Å². The van der Waals surface area contributed by atoms with E-state index in [1.807, 2.05) is 24.3 Å². The van der Waals surface area contributed by atoms with Crippen molar-refractivity contribution in [1.82, 2.24) is 0 Å². The van der Waals surface area contributed by atoms with Crippen LogP contribution in [-0.4, -0.2) is 43.6 Å². The van der Waals surface area contributed by atoms with E-state index in [1.165, 1.54) is 57.8 Å². The Kier molecular flexibility index (Phi) is 17.4. The summed E-state index contributed by atoms with van der Waals surface area (Å²) in [5.41, 5.74) is 6.50. The molecule has 7 nitrogen and oxygen atoms in total. The Morgan fingerprint density at radius 3 is 2.00 bits per heavy atom. The highest BCUT2D eigenvalue weighted by atomic mass is 16.5. The van der Waals surface area contributed by atoms with Gasteiger partial charge in [0.05, 0.1) is 26.2 Å². The van der Waals surface area contributed by atoms with Crippen molar-refractivity contribution >= 4 is 17.7 Å². The molecule has 0 heterocycles. The van der Waals surface area contributed by atoms with Gasteiger partial charge in [0.25, 0.3) is 0 Å². The number of Topliss-reactive ketones (excluding diaryl/α,β-unsaturated/α-hetero) is 1. The smallest absolute Gasteiger partial charge is 0.323 e. The summed E-state index contributed by atoms with van der Waals surface area (Å²) in [6, 6.07) is 6.44. The molecule has 0 aliphatic heterocycles. The van der Waals surface area contributed by atoms with E-state index in [-0.39, 0.29) is 38.3 Å². The molecular weight excluding hydrogens is 446 g/mol. The molecule has 0 saturated heterocycles. The lowest BCUT2D eigenvalue weighted by Crippen LogP contribution is -2.35. The van der Waals surface area contributed by atoms with Crippen LogP contribution in [0.4, 0.5) is 0 Å². The first-order valence-electron chi connectivity index (χ1n) is 13.3. The quantitative estimate of drug-likeness (QED) is 0.183. The van der Waals surface area contributed by atoms with Crippen LogP contribution in [0.1, 0.15) is 96.5 Å². The Bertz CT molecular complexity index is 719. The van der Waals surface area contributed by atoms with Gasteiger partial charge in [-0.2, -0.15) is 0 Å². The van der Waals surface area contributed by atoms with Crippen LogP contribution in [0.3, 0.4) is 0 Å². The molecule has 1 aromatic rings. The van der Waals surface area contributed by atoms with Gasteiger partial charge in [0.2, 0.25) is 0 Å². The van der Waals surface area contributed by atoms with E-state index >= 15 is 0 Å². The molecule has 1 unspecified atom stereocenters. The van der Waals surface area contributed by atoms with Gasteiger partial charge >= 0.3 is 11.9 Å². The maximum atomic E-state index is 12.2. The van der Waals surface area contributed by atoms with Gasteiger partial charge in [0.1, 0.15) is 17.6 Å². The fourth-order valence-corrected chi connectivity index (χ4v) is 3.65. The lowest BCUT2D eigenvalue weighted by atomic mass is 10.1. The number of hydrogen-bond donors (Lipinski definition) is 1. The number of ether oxygens (including phenoxy) is 3. The topological polar surface area (TPSA) is 105 Å². The van der Waals surface area contributed by atoms with E-state index in [1.54, 1.807) is 6.92 Å². The van der Waals surface area contributed by atoms with Gasteiger partial charge in [0.15, 0.2) is 0 Å². The molecule has 35 heavy (non-hydrogen) atoms. The third-order valence-corrected chi connectivity index (χ3v) is 5.71. The van der Waals surface area contributed by atoms with Crippen molar-refractivity contribution < 1.29 is 28.6 Å². The summed E-state index contributed by atoms with van der Waals surface area (Å²) in [6.07, 6.45) is 13.1. The number of carbonyl (C=O) groups excluding carboxylic acids is 3. The summed E-state index contributed by atoms with van der Waals surface area (Å²) >= 11 is 0. The Labute approximate surface area is 211 Å². The van der Waals surface area contributed by atoms with Gasteiger partial charge in [-0.1, -0.05) is 76.8 Å². The van der Waals surface area contributed by atoms with Crippen LogP contribution in [-0.2, 0) is 30.3 Å². The summed E-state index contributed by atoms with van der Waals surface area (Å²) in [4.78, 5) is 35.3. The molecule has 198 valence electrons. The zero-order valence-corrected chi connectivity index (χ0v) is 21.7. The molecular formula is C28H45NO6. The number of unbranched alkanes of at least 4 members (excludes halogenated alkanes) is 9. The summed E-state index contributed by atoms with van der Waals surface area (Å²) in [7, 11) is 0. The highest BCUT2D eigenvalue weighted by Crippen LogP contribution is 2.15. The van der Waals surface area contributed by atoms with Crippen molar-refractivity contribution in [2.45, 2.75) is 103 Å². The Hall–Kier alpha value is -2.41. The zero-order valence-electron chi connectivity index (χ0n) is 21.7. The molecule has 0 aliphatic carbocycles. The average Bonchev–Trinajstić information content (AvgIpc) is 2.83. The number of benzene rings is 1. The summed E-state index contributed by atoms with van der Waals surface area (Å²) < 4.78 is 15.6. The molecule has 0 spiro atoms. The minimum atomic E-state index is -1.09. The summed E-state index contributed by atoms with van der Waals surface area (Å²) in [6.45, 7) is 4.79. The molecule has 0 amide bonds. The number of rotatable bonds is 21. The van der Waals surface area contributed by atoms with Gasteiger partial charge in [0, 0.05) is 12.8 Å². The molecule has 1 aromatic carbocycles. The Morgan fingerprint density at radius 1 is 0.800 bits per heavy atom. The van der Waals surface area contributed by atoms with Crippen LogP contribution in [0.15, 0.2) is 24.3 Å². The standard InChI is InChI=1S/C28H45NO6/c1-3-5-6-7-8-9-10-11-12-13-19-34-25-16-14-23(15-17-25)21-24(30)18-20-35-28(32)26(29)22-27(31)33-4-2/h14-17,26H,3-13,18-22,29H2,1-2H3. The molecule has 0 fully saturated rings. The van der Waals surface area contributed by atoms with Crippen molar-refractivity contribution in [1.29, 1.82) is 0 Å². The van der Waals surface area contributed by atoms with Crippen molar-refractivity contribution in [2.24, 2.45) is 5.73 Å². The second-order valence-corrected chi connectivity index (χ2v) is 8.92. The first-order chi connectivity index (χ1) is 17.0. The molecule has 0 saturated carbocycles. The fourth-order valence-electron chi connectivity index (χ4n) is 3.65. The largest absolute Gasteiger partial charge is 0.494 e. The first kappa shape index (κ1) is 30.6. The average molecular weight is 492 g/mol. The highest BCUT2D eigenvalue weighted by Gasteiger charge is 2.20. The summed E-state index contributed by atoms with van der Waals surface area (Å²) in [5, 5.41) is 0. The molecule has 1 rings (SSSR count). The lowest BCUT2D eigenvalue weighted by molar-refractivity contribution is -0.152. The first-order valence-corrected chi connectivity index (χ1v) is 13.3. The van der Waals surface area contributed by atoms with E-state index in [2.05, 4.69) is 6.92 Å². The normalized spacial score (nSPS) is 11.6. The second kappa shape index (κ2) is 19.8. The molecule has 0 aromatic heterocycles. The molecule has 2 N–H and O–H groups in total. The van der Waals surface area contributed by atoms with Crippen molar-refractivity contribution in [3.8, 4) is 5.75 Å². The second-order valence-electron chi connectivity index (χ2n) is 8.92. The molecule has 1 atom stereocenters. The maximum Gasteiger partial charge on any atom is 0.323 e. The summed E-state index contributed by atoms with van der Waals surface area (Å²) in [5.74, 6) is -0.504. The number of nitrogens with two attached hydrogens (primary N) is 1. The Balaban J connectivity index is 2.12. The number of carbonyl (C=O) groups is 3. The minimum absolute atomic E-state index is 0.0456. The predicted molar refractivity (Wildman–Crippen MR) is 137 cm³/mol. The maximum absolute atomic E-state index is 12.2. The SMILES string of the molecule is CCCCCCCCCCCCOc1ccc(CC(=O)CCOC(=O)C(N)CC(=O)OCC)cc1. The Morgan fingerprint density at radius 2 is 1.40 bits per heavy atom. The third-order valence-electron chi connectivity index (χ3n) is 5.71. The van der Waals surface area contributed by atoms with Gasteiger partial charge in [-0.3, -0.25) is 14.4 Å². The van der Waals surface area contributed by atoms with Crippen LogP contribution in [0.25, 0.3) is 0 Å². The monoisotopic (exact) mass is 491 g/mol. The molecule has 0 bridgehead atoms. The highest BCUT2D eigenvalue weighted by molar-refractivity contribution is 5.83. The molecule has 7 heteroatoms. The van der Waals surface area contributed by atoms with Gasteiger partial charge in [-0.15, -0.1) is 0 Å². The van der Waals surface area contributed by atoms with Gasteiger partial charge < -0.3 is 19.9 Å². The van der Waals surface area contributed by atoms with E-state index < -0.39 is 18.0 Å². The van der Waals surface area contributed by atoms with Crippen LogP contribution in [0.5, 0.6) is 5.75 Å². The van der Waals surface area contributed by atoms with Crippen LogP contribution in [0.2, 0.25) is 0 Å². The zero-order chi connectivity index (χ0) is 25.7. The van der Waals surface area contributed by atoms with Crippen molar-refractivity contribution in [3.63, 3.8) is 0 Å². The number of hydrogen-bond acceptors (Lipinski definition) is 7. The van der Waals surface area contributed by atoms with E-state index in [0.717, 1.165) is 17.7 Å². The van der Waals surface area contributed by atoms with Gasteiger partial charge in [-0.25, -0.2) is 0 Å². The van der Waals surface area contributed by atoms with Crippen LogP contribution >= 0.6 is 0 Å². The number of esters is 2.